The van der Waals surface area contributed by atoms with Crippen LogP contribution >= 0.6 is 35.3 Å². The van der Waals surface area contributed by atoms with E-state index in [0.717, 1.165) is 15.8 Å². The first-order chi connectivity index (χ1) is 13.9. The molecule has 0 aliphatic carbocycles. The summed E-state index contributed by atoms with van der Waals surface area (Å²) in [6, 6.07) is 9.08. The summed E-state index contributed by atoms with van der Waals surface area (Å²) in [5.74, 6) is 1.14. The quantitative estimate of drug-likeness (QED) is 0.545. The van der Waals surface area contributed by atoms with Crippen molar-refractivity contribution in [2.24, 2.45) is 0 Å². The Morgan fingerprint density at radius 3 is 2.60 bits per heavy atom. The Morgan fingerprint density at radius 2 is 1.87 bits per heavy atom. The lowest BCUT2D eigenvalue weighted by atomic mass is 10.1. The molecule has 6 nitrogen and oxygen atoms in total. The number of halogens is 2. The topological polar surface area (TPSA) is 54.9 Å². The highest BCUT2D eigenvalue weighted by Crippen LogP contribution is 2.35. The van der Waals surface area contributed by atoms with Crippen molar-refractivity contribution < 1.29 is 14.3 Å². The Bertz CT molecular complexity index is 1070. The predicted octanol–water partition coefficient (Wildman–Crippen LogP) is 4.66. The molecule has 0 saturated carbocycles. The third kappa shape index (κ3) is 4.64. The van der Waals surface area contributed by atoms with Crippen LogP contribution in [0.25, 0.3) is 10.2 Å². The summed E-state index contributed by atoms with van der Waals surface area (Å²) in [6.45, 7) is 4.21. The maximum atomic E-state index is 13.4. The number of aryl methyl sites for hydroxylation is 1. The normalized spacial score (nSPS) is 12.7. The van der Waals surface area contributed by atoms with Gasteiger partial charge in [0.1, 0.15) is 13.2 Å². The van der Waals surface area contributed by atoms with Crippen molar-refractivity contribution in [1.82, 2.24) is 9.88 Å². The van der Waals surface area contributed by atoms with Crippen molar-refractivity contribution in [2.45, 2.75) is 6.92 Å². The zero-order valence-electron chi connectivity index (χ0n) is 17.0. The third-order valence-corrected chi connectivity index (χ3v) is 5.92. The fourth-order valence-electron chi connectivity index (χ4n) is 3.17. The minimum Gasteiger partial charge on any atom is -0.486 e. The molecule has 0 saturated heterocycles. The van der Waals surface area contributed by atoms with Gasteiger partial charge in [-0.2, -0.15) is 0 Å². The first kappa shape index (κ1) is 22.6. The van der Waals surface area contributed by atoms with Crippen molar-refractivity contribution in [3.63, 3.8) is 0 Å². The number of thiazole rings is 1. The van der Waals surface area contributed by atoms with Gasteiger partial charge in [0.05, 0.1) is 10.2 Å². The number of anilines is 1. The van der Waals surface area contributed by atoms with Crippen LogP contribution in [0.4, 0.5) is 5.13 Å². The lowest BCUT2D eigenvalue weighted by molar-refractivity contribution is 0.0984. The summed E-state index contributed by atoms with van der Waals surface area (Å²) in [5, 5.41) is 1.33. The van der Waals surface area contributed by atoms with Crippen LogP contribution in [-0.2, 0) is 0 Å². The molecule has 30 heavy (non-hydrogen) atoms. The van der Waals surface area contributed by atoms with Gasteiger partial charge in [0, 0.05) is 23.7 Å². The molecule has 2 heterocycles. The van der Waals surface area contributed by atoms with E-state index in [9.17, 15) is 4.79 Å². The summed E-state index contributed by atoms with van der Waals surface area (Å²) in [4.78, 5) is 21.9. The Hall–Kier alpha value is -2.06. The maximum Gasteiger partial charge on any atom is 0.260 e. The second-order valence-electron chi connectivity index (χ2n) is 7.18. The first-order valence-corrected chi connectivity index (χ1v) is 10.5. The molecular weight excluding hydrogens is 445 g/mol. The van der Waals surface area contributed by atoms with Crippen molar-refractivity contribution in [2.75, 3.05) is 45.3 Å². The van der Waals surface area contributed by atoms with E-state index in [1.54, 1.807) is 23.1 Å². The number of rotatable bonds is 5. The molecule has 0 spiro atoms. The van der Waals surface area contributed by atoms with Gasteiger partial charge < -0.3 is 14.4 Å². The summed E-state index contributed by atoms with van der Waals surface area (Å²) in [5.41, 5.74) is 2.41. The van der Waals surface area contributed by atoms with Crippen LogP contribution in [0.15, 0.2) is 30.3 Å². The Morgan fingerprint density at radius 1 is 1.13 bits per heavy atom. The molecule has 3 aromatic rings. The van der Waals surface area contributed by atoms with Gasteiger partial charge in [-0.25, -0.2) is 4.98 Å². The fraction of sp³-hybridized carbons (Fsp3) is 0.333. The minimum absolute atomic E-state index is 0. The third-order valence-electron chi connectivity index (χ3n) is 4.67. The van der Waals surface area contributed by atoms with E-state index < -0.39 is 0 Å². The Balaban J connectivity index is 0.00000256. The molecule has 1 aromatic heterocycles. The molecule has 2 aromatic carbocycles. The summed E-state index contributed by atoms with van der Waals surface area (Å²) >= 11 is 7.68. The van der Waals surface area contributed by atoms with Gasteiger partial charge in [0.25, 0.3) is 5.91 Å². The van der Waals surface area contributed by atoms with Gasteiger partial charge in [-0.15, -0.1) is 12.4 Å². The van der Waals surface area contributed by atoms with Crippen LogP contribution in [0.2, 0.25) is 5.02 Å². The summed E-state index contributed by atoms with van der Waals surface area (Å²) in [7, 11) is 3.96. The van der Waals surface area contributed by atoms with Crippen LogP contribution in [0, 0.1) is 6.92 Å². The smallest absolute Gasteiger partial charge is 0.260 e. The summed E-state index contributed by atoms with van der Waals surface area (Å²) < 4.78 is 12.2. The monoisotopic (exact) mass is 467 g/mol. The second-order valence-corrected chi connectivity index (χ2v) is 8.63. The van der Waals surface area contributed by atoms with Crippen LogP contribution < -0.4 is 14.4 Å². The number of benzene rings is 2. The SMILES string of the molecule is Cc1cc(Cl)cc2sc(N(CCN(C)C)C(=O)c3ccc4c(c3)OCCO4)nc12.Cl. The largest absolute Gasteiger partial charge is 0.486 e. The number of nitrogens with zero attached hydrogens (tertiary/aromatic N) is 3. The van der Waals surface area contributed by atoms with Crippen LogP contribution in [0.1, 0.15) is 15.9 Å². The number of amides is 1. The van der Waals surface area contributed by atoms with E-state index in [1.165, 1.54) is 11.3 Å². The molecule has 1 aliphatic rings. The van der Waals surface area contributed by atoms with Crippen molar-refractivity contribution in [3.05, 3.63) is 46.5 Å². The second kappa shape index (κ2) is 9.39. The summed E-state index contributed by atoms with van der Waals surface area (Å²) in [6.07, 6.45) is 0. The van der Waals surface area contributed by atoms with Gasteiger partial charge in [0.15, 0.2) is 16.6 Å². The molecular formula is C21H23Cl2N3O3S. The molecule has 0 atom stereocenters. The number of carbonyl (C=O) groups excluding carboxylic acids is 1. The lowest BCUT2D eigenvalue weighted by Gasteiger charge is -2.23. The molecule has 0 radical (unpaired) electrons. The molecule has 4 rings (SSSR count). The average Bonchev–Trinajstić information content (AvgIpc) is 3.11. The van der Waals surface area contributed by atoms with Crippen molar-refractivity contribution in [1.29, 1.82) is 0 Å². The van der Waals surface area contributed by atoms with E-state index in [1.807, 2.05) is 38.1 Å². The highest BCUT2D eigenvalue weighted by Gasteiger charge is 2.24. The van der Waals surface area contributed by atoms with E-state index >= 15 is 0 Å². The fourth-order valence-corrected chi connectivity index (χ4v) is 4.62. The molecule has 0 N–H and O–H groups in total. The number of hydrogen-bond donors (Lipinski definition) is 0. The van der Waals surface area contributed by atoms with Crippen LogP contribution in [-0.4, -0.2) is 56.2 Å². The average molecular weight is 468 g/mol. The molecule has 1 amide bonds. The van der Waals surface area contributed by atoms with Gasteiger partial charge in [-0.3, -0.25) is 9.69 Å². The number of ether oxygens (including phenoxy) is 2. The zero-order chi connectivity index (χ0) is 20.5. The van der Waals surface area contributed by atoms with Gasteiger partial charge in [0.2, 0.25) is 0 Å². The highest BCUT2D eigenvalue weighted by atomic mass is 35.5. The maximum absolute atomic E-state index is 13.4. The first-order valence-electron chi connectivity index (χ1n) is 9.35. The number of likely N-dealkylation sites (N-methyl/N-ethyl adjacent to an activating group) is 1. The van der Waals surface area contributed by atoms with Gasteiger partial charge in [-0.05, 0) is 56.9 Å². The number of hydrogen-bond acceptors (Lipinski definition) is 6. The number of aromatic nitrogens is 1. The molecule has 0 bridgehead atoms. The Labute approximate surface area is 190 Å². The molecule has 9 heteroatoms. The standard InChI is InChI=1S/C21H22ClN3O3S.ClH/c1-13-10-15(22)12-18-19(13)23-21(29-18)25(7-6-24(2)3)20(26)14-4-5-16-17(11-14)28-9-8-27-16;/h4-5,10-12H,6-9H2,1-3H3;1H. The number of fused-ring (bicyclic) bond motifs is 2. The zero-order valence-corrected chi connectivity index (χ0v) is 19.4. The van der Waals surface area contributed by atoms with Gasteiger partial charge in [-0.1, -0.05) is 22.9 Å². The molecule has 0 unspecified atom stereocenters. The molecule has 0 fully saturated rings. The highest BCUT2D eigenvalue weighted by molar-refractivity contribution is 7.22. The van der Waals surface area contributed by atoms with Crippen molar-refractivity contribution in [3.8, 4) is 11.5 Å². The predicted molar refractivity (Wildman–Crippen MR) is 124 cm³/mol. The van der Waals surface area contributed by atoms with Gasteiger partial charge >= 0.3 is 0 Å². The van der Waals surface area contributed by atoms with Crippen molar-refractivity contribution >= 4 is 56.6 Å². The molecule has 160 valence electrons. The lowest BCUT2D eigenvalue weighted by Crippen LogP contribution is -2.36. The van der Waals surface area contributed by atoms with E-state index in [4.69, 9.17) is 26.1 Å². The van der Waals surface area contributed by atoms with E-state index in [0.29, 0.717) is 53.5 Å². The van der Waals surface area contributed by atoms with E-state index in [2.05, 4.69) is 0 Å². The molecule has 1 aliphatic heterocycles. The minimum atomic E-state index is -0.119. The van der Waals surface area contributed by atoms with Crippen LogP contribution in [0.3, 0.4) is 0 Å². The van der Waals surface area contributed by atoms with Crippen LogP contribution in [0.5, 0.6) is 11.5 Å². The van der Waals surface area contributed by atoms with E-state index in [-0.39, 0.29) is 18.3 Å². The Kier molecular flexibility index (Phi) is 7.08. The number of carbonyl (C=O) groups is 1.